The van der Waals surface area contributed by atoms with Gasteiger partial charge in [0.05, 0.1) is 18.7 Å². The van der Waals surface area contributed by atoms with E-state index in [4.69, 9.17) is 14.4 Å². The van der Waals surface area contributed by atoms with Gasteiger partial charge in [-0.25, -0.2) is 0 Å². The minimum Gasteiger partial charge on any atom is -0.480 e. The second-order valence-corrected chi connectivity index (χ2v) is 4.07. The fourth-order valence-electron chi connectivity index (χ4n) is 1.76. The Morgan fingerprint density at radius 1 is 1.71 bits per heavy atom. The summed E-state index contributed by atoms with van der Waals surface area (Å²) in [6.07, 6.45) is 2.34. The molecule has 0 saturated heterocycles. The van der Waals surface area contributed by atoms with Gasteiger partial charge in [-0.2, -0.15) is 0 Å². The average molecular weight is 240 g/mol. The molecule has 0 radical (unpaired) electrons. The lowest BCUT2D eigenvalue weighted by Gasteiger charge is -2.18. The molecule has 17 heavy (non-hydrogen) atoms. The second kappa shape index (κ2) is 5.18. The lowest BCUT2D eigenvalue weighted by Crippen LogP contribution is -2.41. The molecule has 1 aliphatic rings. The van der Waals surface area contributed by atoms with Crippen LogP contribution in [0.4, 0.5) is 0 Å². The summed E-state index contributed by atoms with van der Waals surface area (Å²) < 4.78 is 10.6. The number of fused-ring (bicyclic) bond motifs is 1. The maximum atomic E-state index is 10.9. The number of carboxylic acid groups (broad SMARTS) is 1. The van der Waals surface area contributed by atoms with Gasteiger partial charge in [0.25, 0.3) is 5.88 Å². The van der Waals surface area contributed by atoms with Crippen molar-refractivity contribution in [2.75, 3.05) is 6.61 Å². The smallest absolute Gasteiger partial charge is 0.321 e. The first-order valence-electron chi connectivity index (χ1n) is 5.78. The molecule has 6 heteroatoms. The van der Waals surface area contributed by atoms with Crippen molar-refractivity contribution in [3.63, 3.8) is 0 Å². The molecule has 6 nitrogen and oxygen atoms in total. The first-order chi connectivity index (χ1) is 8.22. The van der Waals surface area contributed by atoms with Gasteiger partial charge in [0, 0.05) is 6.42 Å². The molecule has 0 spiro atoms. The van der Waals surface area contributed by atoms with Crippen molar-refractivity contribution in [1.29, 1.82) is 0 Å². The van der Waals surface area contributed by atoms with Crippen molar-refractivity contribution in [1.82, 2.24) is 10.5 Å². The van der Waals surface area contributed by atoms with E-state index in [1.54, 1.807) is 0 Å². The van der Waals surface area contributed by atoms with Crippen molar-refractivity contribution >= 4 is 5.97 Å². The Bertz CT molecular complexity index is 402. The summed E-state index contributed by atoms with van der Waals surface area (Å²) in [4.78, 5) is 10.9. The Morgan fingerprint density at radius 2 is 2.53 bits per heavy atom. The number of ether oxygens (including phenoxy) is 1. The van der Waals surface area contributed by atoms with Gasteiger partial charge in [0.15, 0.2) is 5.76 Å². The Hall–Kier alpha value is -1.56. The molecule has 2 N–H and O–H groups in total. The third-order valence-electron chi connectivity index (χ3n) is 2.79. The van der Waals surface area contributed by atoms with Crippen LogP contribution in [0.1, 0.15) is 31.1 Å². The Morgan fingerprint density at radius 3 is 3.24 bits per heavy atom. The summed E-state index contributed by atoms with van der Waals surface area (Å²) in [5.41, 5.74) is 0.784. The van der Waals surface area contributed by atoms with Crippen LogP contribution in [-0.4, -0.2) is 28.9 Å². The molecule has 0 unspecified atom stereocenters. The van der Waals surface area contributed by atoms with Gasteiger partial charge in [0.2, 0.25) is 0 Å². The number of carboxylic acids is 1. The van der Waals surface area contributed by atoms with Crippen LogP contribution in [0.15, 0.2) is 4.52 Å². The Labute approximate surface area is 98.9 Å². The first kappa shape index (κ1) is 11.9. The minimum atomic E-state index is -0.864. The number of nitrogens with one attached hydrogen (secondary N) is 1. The molecular formula is C11H16N2O4. The molecule has 94 valence electrons. The lowest BCUT2D eigenvalue weighted by atomic mass is 10.0. The normalized spacial score (nSPS) is 18.8. The van der Waals surface area contributed by atoms with Crippen LogP contribution in [0.25, 0.3) is 0 Å². The fraction of sp³-hybridized carbons (Fsp3) is 0.636. The largest absolute Gasteiger partial charge is 0.480 e. The minimum absolute atomic E-state index is 0.357. The standard InChI is InChI=1S/C11H16N2O4/c1-2-3-4-16-10-7-5-8(11(14)15)12-6-9(7)17-13-10/h8,12H,2-6H2,1H3,(H,14,15)/t8-/m0/s1. The van der Waals surface area contributed by atoms with Crippen LogP contribution in [-0.2, 0) is 17.8 Å². The zero-order valence-electron chi connectivity index (χ0n) is 9.73. The van der Waals surface area contributed by atoms with E-state index >= 15 is 0 Å². The van der Waals surface area contributed by atoms with Crippen LogP contribution < -0.4 is 10.1 Å². The van der Waals surface area contributed by atoms with Crippen molar-refractivity contribution < 1.29 is 19.2 Å². The van der Waals surface area contributed by atoms with Gasteiger partial charge in [-0.15, -0.1) is 0 Å². The Balaban J connectivity index is 2.06. The fourth-order valence-corrected chi connectivity index (χ4v) is 1.76. The summed E-state index contributed by atoms with van der Waals surface area (Å²) in [7, 11) is 0. The van der Waals surface area contributed by atoms with Crippen molar-refractivity contribution in [2.24, 2.45) is 0 Å². The van der Waals surface area contributed by atoms with Gasteiger partial charge in [-0.05, 0) is 11.6 Å². The molecule has 0 bridgehead atoms. The highest BCUT2D eigenvalue weighted by atomic mass is 16.5. The Kier molecular flexibility index (Phi) is 3.63. The predicted octanol–water partition coefficient (Wildman–Crippen LogP) is 0.952. The van der Waals surface area contributed by atoms with E-state index in [2.05, 4.69) is 17.4 Å². The molecule has 2 heterocycles. The van der Waals surface area contributed by atoms with Gasteiger partial charge in [0.1, 0.15) is 6.04 Å². The number of carbonyl (C=O) groups is 1. The number of hydrogen-bond acceptors (Lipinski definition) is 5. The molecular weight excluding hydrogens is 224 g/mol. The highest BCUT2D eigenvalue weighted by Gasteiger charge is 2.29. The summed E-state index contributed by atoms with van der Waals surface area (Å²) >= 11 is 0. The molecule has 0 aliphatic carbocycles. The third kappa shape index (κ3) is 2.58. The quantitative estimate of drug-likeness (QED) is 0.745. The molecule has 1 aliphatic heterocycles. The van der Waals surface area contributed by atoms with Crippen LogP contribution in [0.5, 0.6) is 5.88 Å². The third-order valence-corrected chi connectivity index (χ3v) is 2.79. The number of hydrogen-bond donors (Lipinski definition) is 2. The maximum absolute atomic E-state index is 10.9. The highest BCUT2D eigenvalue weighted by molar-refractivity contribution is 5.74. The first-order valence-corrected chi connectivity index (χ1v) is 5.78. The number of nitrogens with zero attached hydrogens (tertiary/aromatic N) is 1. The summed E-state index contributed by atoms with van der Waals surface area (Å²) in [6, 6.07) is -0.588. The molecule has 0 aromatic carbocycles. The van der Waals surface area contributed by atoms with Crippen LogP contribution in [0.2, 0.25) is 0 Å². The SMILES string of the molecule is CCCCOc1noc2c1C[C@@H](C(=O)O)NC2. The summed E-state index contributed by atoms with van der Waals surface area (Å²) in [5, 5.41) is 15.7. The number of rotatable bonds is 5. The predicted molar refractivity (Wildman–Crippen MR) is 58.9 cm³/mol. The van der Waals surface area contributed by atoms with Gasteiger partial charge in [-0.1, -0.05) is 13.3 Å². The molecule has 0 amide bonds. The number of unbranched alkanes of at least 4 members (excludes halogenated alkanes) is 1. The number of aromatic nitrogens is 1. The van der Waals surface area contributed by atoms with Crippen molar-refractivity contribution in [3.05, 3.63) is 11.3 Å². The van der Waals surface area contributed by atoms with Gasteiger partial charge >= 0.3 is 5.97 Å². The highest BCUT2D eigenvalue weighted by Crippen LogP contribution is 2.26. The zero-order chi connectivity index (χ0) is 12.3. The average Bonchev–Trinajstić information content (AvgIpc) is 2.72. The topological polar surface area (TPSA) is 84.6 Å². The van der Waals surface area contributed by atoms with Crippen molar-refractivity contribution in [3.8, 4) is 5.88 Å². The van der Waals surface area contributed by atoms with Gasteiger partial charge < -0.3 is 14.4 Å². The molecule has 1 aromatic rings. The molecule has 0 saturated carbocycles. The summed E-state index contributed by atoms with van der Waals surface area (Å²) in [6.45, 7) is 3.04. The van der Waals surface area contributed by atoms with E-state index in [9.17, 15) is 4.79 Å². The van der Waals surface area contributed by atoms with E-state index in [1.807, 2.05) is 0 Å². The van der Waals surface area contributed by atoms with Gasteiger partial charge in [-0.3, -0.25) is 10.1 Å². The van der Waals surface area contributed by atoms with E-state index in [1.165, 1.54) is 0 Å². The zero-order valence-corrected chi connectivity index (χ0v) is 9.73. The molecule has 1 atom stereocenters. The molecule has 2 rings (SSSR count). The molecule has 0 fully saturated rings. The molecule has 1 aromatic heterocycles. The van der Waals surface area contributed by atoms with E-state index in [0.717, 1.165) is 18.4 Å². The van der Waals surface area contributed by atoms with E-state index in [-0.39, 0.29) is 0 Å². The van der Waals surface area contributed by atoms with Crippen molar-refractivity contribution in [2.45, 2.75) is 38.8 Å². The summed E-state index contributed by atoms with van der Waals surface area (Å²) in [5.74, 6) is 0.256. The van der Waals surface area contributed by atoms with Crippen LogP contribution in [0, 0.1) is 0 Å². The van der Waals surface area contributed by atoms with Crippen LogP contribution >= 0.6 is 0 Å². The number of aliphatic carboxylic acids is 1. The van der Waals surface area contributed by atoms with E-state index in [0.29, 0.717) is 31.2 Å². The van der Waals surface area contributed by atoms with Crippen LogP contribution in [0.3, 0.4) is 0 Å². The van der Waals surface area contributed by atoms with E-state index < -0.39 is 12.0 Å². The maximum Gasteiger partial charge on any atom is 0.321 e. The second-order valence-electron chi connectivity index (χ2n) is 4.07. The lowest BCUT2D eigenvalue weighted by molar-refractivity contribution is -0.139. The monoisotopic (exact) mass is 240 g/mol.